The number of amides is 1. The molecular formula is C15H23N3O3. The summed E-state index contributed by atoms with van der Waals surface area (Å²) in [5, 5.41) is 16.3. The first-order valence-electron chi connectivity index (χ1n) is 7.47. The molecule has 1 aliphatic carbocycles. The van der Waals surface area contributed by atoms with Crippen molar-refractivity contribution < 1.29 is 14.7 Å². The van der Waals surface area contributed by atoms with Gasteiger partial charge in [-0.05, 0) is 25.8 Å². The lowest BCUT2D eigenvalue weighted by Crippen LogP contribution is -2.44. The third-order valence-corrected chi connectivity index (χ3v) is 4.35. The van der Waals surface area contributed by atoms with Gasteiger partial charge in [0.25, 0.3) is 0 Å². The van der Waals surface area contributed by atoms with Crippen LogP contribution in [0.3, 0.4) is 0 Å². The Morgan fingerprint density at radius 3 is 2.67 bits per heavy atom. The molecule has 0 aliphatic heterocycles. The van der Waals surface area contributed by atoms with E-state index in [2.05, 4.69) is 10.4 Å². The van der Waals surface area contributed by atoms with Crippen LogP contribution in [0.25, 0.3) is 0 Å². The molecule has 6 nitrogen and oxygen atoms in total. The molecule has 1 amide bonds. The van der Waals surface area contributed by atoms with Crippen LogP contribution in [0, 0.1) is 5.41 Å². The van der Waals surface area contributed by atoms with E-state index in [4.69, 9.17) is 0 Å². The van der Waals surface area contributed by atoms with Gasteiger partial charge in [0.15, 0.2) is 0 Å². The van der Waals surface area contributed by atoms with Gasteiger partial charge in [-0.25, -0.2) is 0 Å². The first-order chi connectivity index (χ1) is 9.97. The van der Waals surface area contributed by atoms with Crippen molar-refractivity contribution in [2.24, 2.45) is 5.41 Å². The Hall–Kier alpha value is -1.85. The van der Waals surface area contributed by atoms with Gasteiger partial charge in [0.1, 0.15) is 5.41 Å². The summed E-state index contributed by atoms with van der Waals surface area (Å²) < 4.78 is 1.93. The van der Waals surface area contributed by atoms with Crippen LogP contribution >= 0.6 is 0 Å². The fourth-order valence-corrected chi connectivity index (χ4v) is 2.91. The van der Waals surface area contributed by atoms with Gasteiger partial charge < -0.3 is 10.4 Å². The number of carbonyl (C=O) groups excluding carboxylic acids is 1. The number of nitrogens with zero attached hydrogens (tertiary/aromatic N) is 2. The van der Waals surface area contributed by atoms with Crippen molar-refractivity contribution in [1.82, 2.24) is 15.1 Å². The quantitative estimate of drug-likeness (QED) is 0.810. The number of hydrogen-bond donors (Lipinski definition) is 2. The number of aliphatic carboxylic acids is 1. The molecule has 1 aromatic heterocycles. The number of aromatic nitrogens is 2. The van der Waals surface area contributed by atoms with Crippen LogP contribution in [-0.4, -0.2) is 33.8 Å². The molecule has 0 radical (unpaired) electrons. The minimum absolute atomic E-state index is 0.0989. The number of hydrogen-bond acceptors (Lipinski definition) is 3. The van der Waals surface area contributed by atoms with Crippen LogP contribution in [0.1, 0.15) is 50.8 Å². The minimum Gasteiger partial charge on any atom is -0.480 e. The van der Waals surface area contributed by atoms with E-state index >= 15 is 0 Å². The molecule has 116 valence electrons. The van der Waals surface area contributed by atoms with Gasteiger partial charge in [-0.3, -0.25) is 14.3 Å². The van der Waals surface area contributed by atoms with Gasteiger partial charge in [-0.15, -0.1) is 0 Å². The largest absolute Gasteiger partial charge is 0.480 e. The molecular weight excluding hydrogens is 270 g/mol. The molecule has 1 aromatic rings. The van der Waals surface area contributed by atoms with Crippen molar-refractivity contribution in [3.63, 3.8) is 0 Å². The van der Waals surface area contributed by atoms with Crippen LogP contribution in [0.2, 0.25) is 0 Å². The fourth-order valence-electron chi connectivity index (χ4n) is 2.91. The second-order valence-corrected chi connectivity index (χ2v) is 5.97. The highest BCUT2D eigenvalue weighted by atomic mass is 16.4. The zero-order valence-corrected chi connectivity index (χ0v) is 12.6. The molecule has 21 heavy (non-hydrogen) atoms. The van der Waals surface area contributed by atoms with E-state index in [0.29, 0.717) is 11.7 Å². The molecule has 1 heterocycles. The molecule has 1 unspecified atom stereocenters. The standard InChI is InChI=1S/C15H23N3O3/c1-15(14(20)21,13(19)16-2)10-11-8-9-18(17-11)12-6-4-3-5-7-12/h8-9,12H,3-7,10H2,1-2H3,(H,16,19)(H,20,21). The average Bonchev–Trinajstić information content (AvgIpc) is 2.95. The molecule has 6 heteroatoms. The van der Waals surface area contributed by atoms with Gasteiger partial charge in [-0.2, -0.15) is 5.10 Å². The Bertz CT molecular complexity index is 520. The van der Waals surface area contributed by atoms with E-state index in [1.807, 2.05) is 16.9 Å². The Kier molecular flexibility index (Phi) is 4.65. The summed E-state index contributed by atoms with van der Waals surface area (Å²) in [7, 11) is 1.45. The Morgan fingerprint density at radius 2 is 2.10 bits per heavy atom. The minimum atomic E-state index is -1.49. The number of carboxylic acid groups (broad SMARTS) is 1. The van der Waals surface area contributed by atoms with Crippen molar-refractivity contribution in [2.45, 2.75) is 51.5 Å². The van der Waals surface area contributed by atoms with E-state index in [9.17, 15) is 14.7 Å². The third-order valence-electron chi connectivity index (χ3n) is 4.35. The lowest BCUT2D eigenvalue weighted by molar-refractivity contribution is -0.154. The molecule has 1 atom stereocenters. The normalized spacial score (nSPS) is 19.0. The number of carbonyl (C=O) groups is 2. The van der Waals surface area contributed by atoms with E-state index < -0.39 is 17.3 Å². The van der Waals surface area contributed by atoms with Crippen molar-refractivity contribution in [2.75, 3.05) is 7.05 Å². The van der Waals surface area contributed by atoms with Crippen molar-refractivity contribution >= 4 is 11.9 Å². The van der Waals surface area contributed by atoms with Crippen LogP contribution in [0.15, 0.2) is 12.3 Å². The van der Waals surface area contributed by atoms with E-state index in [1.54, 1.807) is 0 Å². The molecule has 0 bridgehead atoms. The van der Waals surface area contributed by atoms with Crippen LogP contribution in [0.4, 0.5) is 0 Å². The SMILES string of the molecule is CNC(=O)C(C)(Cc1ccn(C2CCCCC2)n1)C(=O)O. The van der Waals surface area contributed by atoms with Gasteiger partial charge in [0, 0.05) is 19.7 Å². The summed E-state index contributed by atoms with van der Waals surface area (Å²) in [6, 6.07) is 2.22. The predicted octanol–water partition coefficient (Wildman–Crippen LogP) is 1.77. The van der Waals surface area contributed by atoms with Gasteiger partial charge in [0.05, 0.1) is 11.7 Å². The summed E-state index contributed by atoms with van der Waals surface area (Å²) in [6.07, 6.45) is 7.94. The third kappa shape index (κ3) is 3.25. The first kappa shape index (κ1) is 15.5. The fraction of sp³-hybridized carbons (Fsp3) is 0.667. The van der Waals surface area contributed by atoms with E-state index in [-0.39, 0.29) is 6.42 Å². The summed E-state index contributed by atoms with van der Waals surface area (Å²) >= 11 is 0. The van der Waals surface area contributed by atoms with Crippen LogP contribution in [0.5, 0.6) is 0 Å². The summed E-state index contributed by atoms with van der Waals surface area (Å²) in [6.45, 7) is 1.44. The van der Waals surface area contributed by atoms with E-state index in [1.165, 1.54) is 33.2 Å². The Balaban J connectivity index is 2.13. The lowest BCUT2D eigenvalue weighted by atomic mass is 9.84. The predicted molar refractivity (Wildman–Crippen MR) is 77.9 cm³/mol. The van der Waals surface area contributed by atoms with E-state index in [0.717, 1.165) is 12.8 Å². The number of rotatable bonds is 5. The Morgan fingerprint density at radius 1 is 1.43 bits per heavy atom. The highest BCUT2D eigenvalue weighted by Gasteiger charge is 2.41. The Labute approximate surface area is 124 Å². The first-order valence-corrected chi connectivity index (χ1v) is 7.47. The molecule has 0 aromatic carbocycles. The zero-order chi connectivity index (χ0) is 15.5. The molecule has 1 aliphatic rings. The number of nitrogens with one attached hydrogen (secondary N) is 1. The highest BCUT2D eigenvalue weighted by Crippen LogP contribution is 2.28. The maximum Gasteiger partial charge on any atom is 0.319 e. The second-order valence-electron chi connectivity index (χ2n) is 5.97. The molecule has 0 saturated heterocycles. The topological polar surface area (TPSA) is 84.2 Å². The average molecular weight is 293 g/mol. The molecule has 2 N–H and O–H groups in total. The molecule has 1 saturated carbocycles. The van der Waals surface area contributed by atoms with Gasteiger partial charge >= 0.3 is 5.97 Å². The molecule has 1 fully saturated rings. The second kappa shape index (κ2) is 6.28. The smallest absolute Gasteiger partial charge is 0.319 e. The molecule has 2 rings (SSSR count). The molecule has 0 spiro atoms. The van der Waals surface area contributed by atoms with Crippen molar-refractivity contribution in [1.29, 1.82) is 0 Å². The highest BCUT2D eigenvalue weighted by molar-refractivity contribution is 6.01. The summed E-state index contributed by atoms with van der Waals surface area (Å²) in [4.78, 5) is 23.3. The summed E-state index contributed by atoms with van der Waals surface area (Å²) in [5.74, 6) is -1.63. The maximum atomic E-state index is 11.9. The monoisotopic (exact) mass is 293 g/mol. The lowest BCUT2D eigenvalue weighted by Gasteiger charge is -2.23. The number of carboxylic acids is 1. The zero-order valence-electron chi connectivity index (χ0n) is 12.6. The van der Waals surface area contributed by atoms with Crippen LogP contribution < -0.4 is 5.32 Å². The van der Waals surface area contributed by atoms with Crippen LogP contribution in [-0.2, 0) is 16.0 Å². The maximum absolute atomic E-state index is 11.9. The van der Waals surface area contributed by atoms with Crippen molar-refractivity contribution in [3.8, 4) is 0 Å². The van der Waals surface area contributed by atoms with Crippen molar-refractivity contribution in [3.05, 3.63) is 18.0 Å². The van der Waals surface area contributed by atoms with Gasteiger partial charge in [-0.1, -0.05) is 19.3 Å². The van der Waals surface area contributed by atoms with Gasteiger partial charge in [0.2, 0.25) is 5.91 Å². The summed E-state index contributed by atoms with van der Waals surface area (Å²) in [5.41, 5.74) is -0.838.